The monoisotopic (exact) mass is 493 g/mol. The molecule has 0 radical (unpaired) electrons. The van der Waals surface area contributed by atoms with Crippen molar-refractivity contribution in [1.82, 2.24) is 10.2 Å². The molecular formula is C28H35N3O5. The number of amides is 3. The van der Waals surface area contributed by atoms with E-state index >= 15 is 0 Å². The molecule has 3 heterocycles. The van der Waals surface area contributed by atoms with Gasteiger partial charge in [-0.1, -0.05) is 51.1 Å². The van der Waals surface area contributed by atoms with E-state index < -0.39 is 35.1 Å². The number of rotatable bonds is 6. The van der Waals surface area contributed by atoms with Crippen molar-refractivity contribution in [1.29, 1.82) is 0 Å². The van der Waals surface area contributed by atoms with E-state index in [9.17, 15) is 19.5 Å². The summed E-state index contributed by atoms with van der Waals surface area (Å²) >= 11 is 0. The van der Waals surface area contributed by atoms with Gasteiger partial charge >= 0.3 is 0 Å². The van der Waals surface area contributed by atoms with E-state index in [1.54, 1.807) is 7.05 Å². The molecule has 2 bridgehead atoms. The third-order valence-corrected chi connectivity index (χ3v) is 8.86. The third-order valence-electron chi connectivity index (χ3n) is 8.86. The Hall–Kier alpha value is -2.97. The van der Waals surface area contributed by atoms with Crippen LogP contribution >= 0.6 is 0 Å². The lowest BCUT2D eigenvalue weighted by molar-refractivity contribution is -0.150. The Morgan fingerprint density at radius 3 is 2.50 bits per heavy atom. The summed E-state index contributed by atoms with van der Waals surface area (Å²) in [6.07, 6.45) is 0.482. The summed E-state index contributed by atoms with van der Waals surface area (Å²) in [5, 5.41) is 18.1. The second-order valence-corrected chi connectivity index (χ2v) is 11.1. The van der Waals surface area contributed by atoms with E-state index in [1.165, 1.54) is 4.90 Å². The molecule has 3 aliphatic rings. The van der Waals surface area contributed by atoms with Gasteiger partial charge in [0.15, 0.2) is 0 Å². The van der Waals surface area contributed by atoms with Crippen molar-refractivity contribution in [2.45, 2.75) is 57.4 Å². The normalized spacial score (nSPS) is 33.8. The minimum absolute atomic E-state index is 0.0357. The fraction of sp³-hybridized carbons (Fsp3) is 0.536. The molecule has 3 amide bonds. The molecule has 2 aromatic carbocycles. The number of anilines is 1. The van der Waals surface area contributed by atoms with Crippen LogP contribution in [0.3, 0.4) is 0 Å². The summed E-state index contributed by atoms with van der Waals surface area (Å²) < 4.78 is 6.67. The molecule has 0 aliphatic carbocycles. The van der Waals surface area contributed by atoms with E-state index in [-0.39, 0.29) is 36.2 Å². The fourth-order valence-corrected chi connectivity index (χ4v) is 6.99. The van der Waals surface area contributed by atoms with Crippen LogP contribution in [0.1, 0.15) is 34.1 Å². The van der Waals surface area contributed by atoms with Gasteiger partial charge in [-0.15, -0.1) is 0 Å². The SMILES string of the molecule is CNC(=O)[C@H]1[C@H]2C(=O)N([C@@H](CO)C(C)C)C(C(=O)Nc3ccc4ccccc4c3)C23CC(C)[C@]1(C)O3. The molecule has 5 rings (SSSR count). The predicted octanol–water partition coefficient (Wildman–Crippen LogP) is 2.55. The molecule has 8 nitrogen and oxygen atoms in total. The molecule has 0 saturated carbocycles. The summed E-state index contributed by atoms with van der Waals surface area (Å²) in [5.41, 5.74) is -1.39. The van der Waals surface area contributed by atoms with E-state index in [1.807, 2.05) is 70.2 Å². The first-order valence-electron chi connectivity index (χ1n) is 12.7. The standard InChI is InChI=1S/C28H35N3O5/c1-15(2)20(14-32)31-23(25(34)30-19-11-10-17-8-6-7-9-18(17)12-19)28-13-16(3)27(4,36-28)21(24(33)29-5)22(28)26(31)35/h6-12,15-16,20-23,32H,13-14H2,1-5H3,(H,29,33)(H,30,34)/t16?,20-,21+,22-,23?,27-,28?/m0/s1. The zero-order valence-corrected chi connectivity index (χ0v) is 21.4. The van der Waals surface area contributed by atoms with Gasteiger partial charge in [0.25, 0.3) is 0 Å². The number of ether oxygens (including phenoxy) is 1. The lowest BCUT2D eigenvalue weighted by Crippen LogP contribution is -2.57. The number of aliphatic hydroxyl groups is 1. The first-order valence-corrected chi connectivity index (χ1v) is 12.7. The highest BCUT2D eigenvalue weighted by Crippen LogP contribution is 2.65. The minimum Gasteiger partial charge on any atom is -0.394 e. The second-order valence-electron chi connectivity index (χ2n) is 11.1. The molecule has 3 aliphatic heterocycles. The quantitative estimate of drug-likeness (QED) is 0.573. The van der Waals surface area contributed by atoms with Crippen molar-refractivity contribution in [2.24, 2.45) is 23.7 Å². The number of nitrogens with zero attached hydrogens (tertiary/aromatic N) is 1. The van der Waals surface area contributed by atoms with Crippen LogP contribution in [0.4, 0.5) is 5.69 Å². The number of hydrogen-bond acceptors (Lipinski definition) is 5. The minimum atomic E-state index is -1.15. The predicted molar refractivity (Wildman–Crippen MR) is 136 cm³/mol. The molecule has 3 fully saturated rings. The molecule has 8 heteroatoms. The number of likely N-dealkylation sites (tertiary alicyclic amines) is 1. The first kappa shape index (κ1) is 24.7. The van der Waals surface area contributed by atoms with Crippen molar-refractivity contribution in [3.05, 3.63) is 42.5 Å². The Morgan fingerprint density at radius 1 is 1.17 bits per heavy atom. The van der Waals surface area contributed by atoms with Gasteiger partial charge in [0.05, 0.1) is 30.1 Å². The molecule has 3 unspecified atom stereocenters. The molecular weight excluding hydrogens is 458 g/mol. The summed E-state index contributed by atoms with van der Waals surface area (Å²) in [5.74, 6) is -2.57. The van der Waals surface area contributed by atoms with Crippen LogP contribution in [0, 0.1) is 23.7 Å². The largest absolute Gasteiger partial charge is 0.394 e. The highest BCUT2D eigenvalue weighted by atomic mass is 16.5. The smallest absolute Gasteiger partial charge is 0.250 e. The van der Waals surface area contributed by atoms with E-state index in [2.05, 4.69) is 10.6 Å². The summed E-state index contributed by atoms with van der Waals surface area (Å²) in [7, 11) is 1.56. The maximum absolute atomic E-state index is 14.1. The van der Waals surface area contributed by atoms with Crippen LogP contribution < -0.4 is 10.6 Å². The third kappa shape index (κ3) is 3.30. The Bertz CT molecular complexity index is 1230. The van der Waals surface area contributed by atoms with Crippen LogP contribution in [-0.4, -0.2) is 64.7 Å². The van der Waals surface area contributed by atoms with E-state index in [4.69, 9.17) is 4.74 Å². The van der Waals surface area contributed by atoms with Gasteiger partial charge in [-0.3, -0.25) is 14.4 Å². The van der Waals surface area contributed by atoms with E-state index in [0.717, 1.165) is 10.8 Å². The Kier molecular flexibility index (Phi) is 5.87. The van der Waals surface area contributed by atoms with Gasteiger partial charge in [-0.2, -0.15) is 0 Å². The van der Waals surface area contributed by atoms with Gasteiger partial charge < -0.3 is 25.4 Å². The molecule has 3 saturated heterocycles. The van der Waals surface area contributed by atoms with Gasteiger partial charge in [-0.05, 0) is 48.1 Å². The van der Waals surface area contributed by atoms with Crippen molar-refractivity contribution < 1.29 is 24.2 Å². The molecule has 2 aromatic rings. The maximum atomic E-state index is 14.1. The van der Waals surface area contributed by atoms with Crippen molar-refractivity contribution in [3.8, 4) is 0 Å². The number of benzene rings is 2. The van der Waals surface area contributed by atoms with Crippen LogP contribution in [-0.2, 0) is 19.1 Å². The molecule has 0 aromatic heterocycles. The zero-order valence-electron chi connectivity index (χ0n) is 21.4. The van der Waals surface area contributed by atoms with Gasteiger partial charge in [-0.25, -0.2) is 0 Å². The lowest BCUT2D eigenvalue weighted by Gasteiger charge is -2.38. The maximum Gasteiger partial charge on any atom is 0.250 e. The van der Waals surface area contributed by atoms with Crippen LogP contribution in [0.25, 0.3) is 10.8 Å². The second kappa shape index (κ2) is 8.56. The number of carbonyl (C=O) groups excluding carboxylic acids is 3. The fourth-order valence-electron chi connectivity index (χ4n) is 6.99. The number of hydrogen-bond donors (Lipinski definition) is 3. The van der Waals surface area contributed by atoms with Crippen LogP contribution in [0.15, 0.2) is 42.5 Å². The molecule has 1 spiro atoms. The summed E-state index contributed by atoms with van der Waals surface area (Å²) in [4.78, 5) is 42.8. The average Bonchev–Trinajstić information content (AvgIpc) is 3.36. The molecule has 3 N–H and O–H groups in total. The zero-order chi connectivity index (χ0) is 26.0. The average molecular weight is 494 g/mol. The Balaban J connectivity index is 1.60. The Morgan fingerprint density at radius 2 is 1.86 bits per heavy atom. The van der Waals surface area contributed by atoms with Gasteiger partial charge in [0, 0.05) is 12.7 Å². The molecule has 7 atom stereocenters. The number of carbonyl (C=O) groups is 3. The number of aliphatic hydroxyl groups excluding tert-OH is 1. The summed E-state index contributed by atoms with van der Waals surface area (Å²) in [6, 6.07) is 12.0. The lowest BCUT2D eigenvalue weighted by atomic mass is 9.62. The van der Waals surface area contributed by atoms with Crippen LogP contribution in [0.2, 0.25) is 0 Å². The molecule has 192 valence electrons. The highest BCUT2D eigenvalue weighted by molar-refractivity contribution is 6.04. The Labute approximate surface area is 211 Å². The van der Waals surface area contributed by atoms with Crippen molar-refractivity contribution in [3.63, 3.8) is 0 Å². The first-order chi connectivity index (χ1) is 17.1. The van der Waals surface area contributed by atoms with Gasteiger partial charge in [0.1, 0.15) is 11.6 Å². The van der Waals surface area contributed by atoms with Crippen LogP contribution in [0.5, 0.6) is 0 Å². The highest BCUT2D eigenvalue weighted by Gasteiger charge is 2.80. The van der Waals surface area contributed by atoms with E-state index in [0.29, 0.717) is 12.1 Å². The van der Waals surface area contributed by atoms with Crippen molar-refractivity contribution in [2.75, 3.05) is 19.0 Å². The molecule has 36 heavy (non-hydrogen) atoms. The summed E-state index contributed by atoms with van der Waals surface area (Å²) in [6.45, 7) is 7.43. The van der Waals surface area contributed by atoms with Gasteiger partial charge in [0.2, 0.25) is 17.7 Å². The number of fused-ring (bicyclic) bond motifs is 2. The number of nitrogens with one attached hydrogen (secondary N) is 2. The van der Waals surface area contributed by atoms with Crippen molar-refractivity contribution >= 4 is 34.2 Å². The topological polar surface area (TPSA) is 108 Å².